The molecule has 0 amide bonds. The maximum Gasteiger partial charge on any atom is 0.303 e. The number of carbonyl (C=O) groups is 1. The molecule has 0 radical (unpaired) electrons. The van der Waals surface area contributed by atoms with Crippen LogP contribution in [0.4, 0.5) is 5.69 Å². The van der Waals surface area contributed by atoms with Crippen molar-refractivity contribution >= 4 is 34.9 Å². The van der Waals surface area contributed by atoms with Gasteiger partial charge in [0.15, 0.2) is 0 Å². The van der Waals surface area contributed by atoms with Crippen molar-refractivity contribution in [3.63, 3.8) is 0 Å². The lowest BCUT2D eigenvalue weighted by atomic mass is 9.92. The highest BCUT2D eigenvalue weighted by Gasteiger charge is 2.14. The second-order valence-corrected chi connectivity index (χ2v) is 8.60. The molecule has 8 heteroatoms. The molecular formula is C23H30Cl2N2O4. The number of aliphatic carboxylic acids is 1. The Hall–Kier alpha value is -1.99. The van der Waals surface area contributed by atoms with Gasteiger partial charge in [-0.25, -0.2) is 0 Å². The number of phenolic OH excluding ortho intramolecular Hbond substituents is 1. The van der Waals surface area contributed by atoms with Gasteiger partial charge in [-0.05, 0) is 80.0 Å². The second kappa shape index (κ2) is 12.8. The number of nitrogen functional groups attached to an aromatic ring is 1. The third-order valence-electron chi connectivity index (χ3n) is 5.27. The lowest BCUT2D eigenvalue weighted by molar-refractivity contribution is -0.138. The number of halogens is 2. The van der Waals surface area contributed by atoms with Crippen molar-refractivity contribution in [1.29, 1.82) is 0 Å². The zero-order valence-corrected chi connectivity index (χ0v) is 18.9. The number of hydrogen-bond acceptors (Lipinski definition) is 5. The predicted octanol–water partition coefficient (Wildman–Crippen LogP) is 4.80. The van der Waals surface area contributed by atoms with Crippen LogP contribution in [0.2, 0.25) is 10.0 Å². The minimum absolute atomic E-state index is 0.107. The highest BCUT2D eigenvalue weighted by molar-refractivity contribution is 6.38. The molecule has 0 fully saturated rings. The molecule has 2 aromatic carbocycles. The van der Waals surface area contributed by atoms with Gasteiger partial charge in [-0.15, -0.1) is 0 Å². The molecule has 2 atom stereocenters. The third-order valence-corrected chi connectivity index (χ3v) is 5.89. The molecule has 2 rings (SSSR count). The Labute approximate surface area is 193 Å². The van der Waals surface area contributed by atoms with Gasteiger partial charge >= 0.3 is 5.97 Å². The highest BCUT2D eigenvalue weighted by Crippen LogP contribution is 2.31. The van der Waals surface area contributed by atoms with Gasteiger partial charge in [-0.2, -0.15) is 0 Å². The molecule has 0 saturated carbocycles. The van der Waals surface area contributed by atoms with E-state index in [0.717, 1.165) is 37.7 Å². The van der Waals surface area contributed by atoms with E-state index in [1.165, 1.54) is 0 Å². The minimum atomic E-state index is -0.782. The number of hydrogen-bond donors (Lipinski definition) is 5. The van der Waals surface area contributed by atoms with Crippen LogP contribution in [0.1, 0.15) is 49.3 Å². The molecule has 0 aliphatic rings. The van der Waals surface area contributed by atoms with E-state index in [-0.39, 0.29) is 18.1 Å². The second-order valence-electron chi connectivity index (χ2n) is 7.78. The van der Waals surface area contributed by atoms with Crippen molar-refractivity contribution in [3.05, 3.63) is 57.6 Å². The molecule has 6 nitrogen and oxygen atoms in total. The molecule has 0 bridgehead atoms. The number of aromatic hydroxyl groups is 1. The lowest BCUT2D eigenvalue weighted by Gasteiger charge is -2.16. The monoisotopic (exact) mass is 468 g/mol. The summed E-state index contributed by atoms with van der Waals surface area (Å²) >= 11 is 12.0. The molecule has 0 aliphatic heterocycles. The minimum Gasteiger partial charge on any atom is -0.508 e. The fourth-order valence-corrected chi connectivity index (χ4v) is 4.03. The fourth-order valence-electron chi connectivity index (χ4n) is 3.52. The number of carboxylic acids is 1. The first-order valence-corrected chi connectivity index (χ1v) is 11.1. The van der Waals surface area contributed by atoms with Gasteiger partial charge in [-0.1, -0.05) is 35.3 Å². The zero-order valence-electron chi connectivity index (χ0n) is 17.4. The first-order chi connectivity index (χ1) is 14.8. The van der Waals surface area contributed by atoms with E-state index < -0.39 is 12.1 Å². The molecule has 6 N–H and O–H groups in total. The molecule has 0 saturated heterocycles. The average Bonchev–Trinajstić information content (AvgIpc) is 2.72. The molecule has 0 heterocycles. The summed E-state index contributed by atoms with van der Waals surface area (Å²) in [4.78, 5) is 11.2. The summed E-state index contributed by atoms with van der Waals surface area (Å²) in [6.07, 6.45) is 3.58. The van der Waals surface area contributed by atoms with Crippen molar-refractivity contribution in [2.45, 2.75) is 44.6 Å². The van der Waals surface area contributed by atoms with E-state index in [1.807, 2.05) is 12.1 Å². The first kappa shape index (κ1) is 25.3. The Balaban J connectivity index is 1.71. The van der Waals surface area contributed by atoms with Crippen LogP contribution in [0.25, 0.3) is 0 Å². The quantitative estimate of drug-likeness (QED) is 0.213. The zero-order chi connectivity index (χ0) is 22.8. The number of anilines is 1. The van der Waals surface area contributed by atoms with Gasteiger partial charge in [0.2, 0.25) is 0 Å². The summed E-state index contributed by atoms with van der Waals surface area (Å²) in [5, 5.41) is 32.7. The number of carboxylic acid groups (broad SMARTS) is 1. The van der Waals surface area contributed by atoms with E-state index in [4.69, 9.17) is 28.9 Å². The van der Waals surface area contributed by atoms with Crippen LogP contribution < -0.4 is 11.1 Å². The van der Waals surface area contributed by atoms with Gasteiger partial charge in [0.1, 0.15) is 5.75 Å². The van der Waals surface area contributed by atoms with Crippen LogP contribution in [0.5, 0.6) is 5.75 Å². The molecule has 2 aromatic rings. The summed E-state index contributed by atoms with van der Waals surface area (Å²) < 4.78 is 0. The summed E-state index contributed by atoms with van der Waals surface area (Å²) in [5.74, 6) is -0.432. The van der Waals surface area contributed by atoms with Gasteiger partial charge in [0, 0.05) is 13.0 Å². The Morgan fingerprint density at radius 2 is 1.68 bits per heavy atom. The smallest absolute Gasteiger partial charge is 0.303 e. The number of aliphatic hydroxyl groups is 1. The SMILES string of the molecule is Nc1c(Cl)cc(C(O)CNCCCC(CCCc2ccc(O)cc2)CC(=O)O)cc1Cl. The molecule has 0 aromatic heterocycles. The van der Waals surface area contributed by atoms with E-state index >= 15 is 0 Å². The van der Waals surface area contributed by atoms with Gasteiger partial charge in [0.25, 0.3) is 0 Å². The number of aryl methyl sites for hydroxylation is 1. The topological polar surface area (TPSA) is 116 Å². The molecule has 31 heavy (non-hydrogen) atoms. The van der Waals surface area contributed by atoms with Crippen molar-refractivity contribution in [2.24, 2.45) is 5.92 Å². The summed E-state index contributed by atoms with van der Waals surface area (Å²) in [7, 11) is 0. The standard InChI is InChI=1S/C23H30Cl2N2O4/c24-19-12-17(13-20(25)23(19)26)21(29)14-27-10-2-5-16(11-22(30)31)4-1-3-15-6-8-18(28)9-7-15/h6-9,12-13,16,21,27-29H,1-5,10-11,14,26H2,(H,30,31). The number of aliphatic hydroxyl groups excluding tert-OH is 1. The van der Waals surface area contributed by atoms with Crippen molar-refractivity contribution in [2.75, 3.05) is 18.8 Å². The van der Waals surface area contributed by atoms with Crippen LogP contribution >= 0.6 is 23.2 Å². The van der Waals surface area contributed by atoms with Crippen LogP contribution in [-0.2, 0) is 11.2 Å². The van der Waals surface area contributed by atoms with Crippen LogP contribution in [0.15, 0.2) is 36.4 Å². The normalized spacial score (nSPS) is 13.1. The fraction of sp³-hybridized carbons (Fsp3) is 0.435. The number of rotatable bonds is 13. The first-order valence-electron chi connectivity index (χ1n) is 10.4. The van der Waals surface area contributed by atoms with Gasteiger partial charge in [0.05, 0.1) is 21.8 Å². The van der Waals surface area contributed by atoms with E-state index in [9.17, 15) is 20.1 Å². The molecule has 0 spiro atoms. The summed E-state index contributed by atoms with van der Waals surface area (Å²) in [6.45, 7) is 1.00. The van der Waals surface area contributed by atoms with Crippen LogP contribution in [0.3, 0.4) is 0 Å². The van der Waals surface area contributed by atoms with Crippen molar-refractivity contribution in [3.8, 4) is 5.75 Å². The van der Waals surface area contributed by atoms with Crippen molar-refractivity contribution < 1.29 is 20.1 Å². The Morgan fingerprint density at radius 3 is 2.29 bits per heavy atom. The highest BCUT2D eigenvalue weighted by atomic mass is 35.5. The lowest BCUT2D eigenvalue weighted by Crippen LogP contribution is -2.23. The van der Waals surface area contributed by atoms with Crippen LogP contribution in [-0.4, -0.2) is 34.4 Å². The van der Waals surface area contributed by atoms with E-state index in [2.05, 4.69) is 5.32 Å². The third kappa shape index (κ3) is 8.95. The summed E-state index contributed by atoms with van der Waals surface area (Å²) in [6, 6.07) is 10.3. The van der Waals surface area contributed by atoms with Crippen molar-refractivity contribution in [1.82, 2.24) is 5.32 Å². The summed E-state index contributed by atoms with van der Waals surface area (Å²) in [5.41, 5.74) is 7.73. The van der Waals surface area contributed by atoms with Crippen LogP contribution in [0, 0.1) is 5.92 Å². The molecule has 2 unspecified atom stereocenters. The van der Waals surface area contributed by atoms with E-state index in [1.54, 1.807) is 24.3 Å². The van der Waals surface area contributed by atoms with E-state index in [0.29, 0.717) is 34.4 Å². The molecule has 170 valence electrons. The maximum atomic E-state index is 11.2. The average molecular weight is 469 g/mol. The number of benzene rings is 2. The Kier molecular flexibility index (Phi) is 10.4. The molecule has 0 aliphatic carbocycles. The number of phenols is 1. The number of nitrogens with two attached hydrogens (primary N) is 1. The Morgan fingerprint density at radius 1 is 1.06 bits per heavy atom. The number of nitrogens with one attached hydrogen (secondary N) is 1. The Bertz CT molecular complexity index is 823. The van der Waals surface area contributed by atoms with Gasteiger partial charge in [-0.3, -0.25) is 4.79 Å². The van der Waals surface area contributed by atoms with Gasteiger partial charge < -0.3 is 26.4 Å². The maximum absolute atomic E-state index is 11.2. The largest absolute Gasteiger partial charge is 0.508 e. The molecular weight excluding hydrogens is 439 g/mol. The predicted molar refractivity (Wildman–Crippen MR) is 125 cm³/mol.